The molecule has 2 N–H and O–H groups in total. The van der Waals surface area contributed by atoms with Gasteiger partial charge in [0.2, 0.25) is 5.91 Å². The average Bonchev–Trinajstić information content (AvgIpc) is 3.34. The van der Waals surface area contributed by atoms with Crippen molar-refractivity contribution in [2.75, 3.05) is 26.5 Å². The zero-order chi connectivity index (χ0) is 31.7. The number of nitrogens with one attached hydrogen (secondary N) is 2. The lowest BCUT2D eigenvalue weighted by atomic mass is 10.0. The highest BCUT2D eigenvalue weighted by atomic mass is 19.1. The number of amides is 2. The fraction of sp³-hybridized carbons (Fsp3) is 0.235. The first kappa shape index (κ1) is 30.4. The molecule has 5 aromatic rings. The highest BCUT2D eigenvalue weighted by molar-refractivity contribution is 5.97. The van der Waals surface area contributed by atoms with Crippen LogP contribution in [0.4, 0.5) is 10.1 Å². The van der Waals surface area contributed by atoms with Crippen LogP contribution in [0.25, 0.3) is 28.0 Å². The Morgan fingerprint density at radius 2 is 1.80 bits per heavy atom. The van der Waals surface area contributed by atoms with E-state index < -0.39 is 11.6 Å². The molecule has 1 unspecified atom stereocenters. The number of aromatic nitrogens is 3. The first-order valence-corrected chi connectivity index (χ1v) is 14.3. The number of aryl methyl sites for hydroxylation is 1. The molecule has 1 atom stereocenters. The van der Waals surface area contributed by atoms with E-state index in [1.807, 2.05) is 54.9 Å². The minimum absolute atomic E-state index is 0.0456. The number of hydrogen-bond donors (Lipinski definition) is 2. The second-order valence-corrected chi connectivity index (χ2v) is 11.1. The molecule has 0 aliphatic carbocycles. The summed E-state index contributed by atoms with van der Waals surface area (Å²) in [6.07, 6.45) is 3.32. The van der Waals surface area contributed by atoms with Crippen LogP contribution < -0.4 is 16.2 Å². The molecule has 0 fully saturated rings. The Morgan fingerprint density at radius 1 is 1.05 bits per heavy atom. The highest BCUT2D eigenvalue weighted by Gasteiger charge is 2.21. The number of nitrogens with zero attached hydrogens (tertiary/aromatic N) is 4. The van der Waals surface area contributed by atoms with Crippen molar-refractivity contribution in [2.24, 2.45) is 0 Å². The van der Waals surface area contributed by atoms with Crippen molar-refractivity contribution >= 4 is 28.4 Å². The largest absolute Gasteiger partial charge is 0.345 e. The SMILES string of the molecule is CNC(C)C(=O)Nc1cnc(-c2cccc(C(=O)N(C)C)c2C)n(Cc2cccc(-n3cc(C)c4cc(F)ccc43)c2)c1=O. The van der Waals surface area contributed by atoms with Gasteiger partial charge in [-0.15, -0.1) is 0 Å². The van der Waals surface area contributed by atoms with Gasteiger partial charge in [-0.2, -0.15) is 0 Å². The van der Waals surface area contributed by atoms with Gasteiger partial charge in [-0.05, 0) is 80.9 Å². The predicted octanol–water partition coefficient (Wildman–Crippen LogP) is 4.91. The average molecular weight is 595 g/mol. The van der Waals surface area contributed by atoms with Crippen LogP contribution in [-0.2, 0) is 11.3 Å². The fourth-order valence-corrected chi connectivity index (χ4v) is 5.23. The quantitative estimate of drug-likeness (QED) is 0.266. The van der Waals surface area contributed by atoms with Gasteiger partial charge in [-0.3, -0.25) is 19.0 Å². The van der Waals surface area contributed by atoms with Crippen LogP contribution in [0.1, 0.15) is 34.0 Å². The molecular weight excluding hydrogens is 559 g/mol. The monoisotopic (exact) mass is 594 g/mol. The topological polar surface area (TPSA) is 101 Å². The zero-order valence-electron chi connectivity index (χ0n) is 25.6. The molecular formula is C34H35FN6O3. The van der Waals surface area contributed by atoms with Crippen molar-refractivity contribution in [2.45, 2.75) is 33.4 Å². The molecule has 0 spiro atoms. The fourth-order valence-electron chi connectivity index (χ4n) is 5.23. The lowest BCUT2D eigenvalue weighted by Crippen LogP contribution is -2.38. The Hall–Kier alpha value is -5.09. The van der Waals surface area contributed by atoms with E-state index in [1.165, 1.54) is 27.8 Å². The molecule has 44 heavy (non-hydrogen) atoms. The van der Waals surface area contributed by atoms with Crippen LogP contribution in [0.5, 0.6) is 0 Å². The number of hydrogen-bond acceptors (Lipinski definition) is 5. The van der Waals surface area contributed by atoms with Crippen LogP contribution >= 0.6 is 0 Å². The van der Waals surface area contributed by atoms with Crippen molar-refractivity contribution in [3.8, 4) is 17.1 Å². The Bertz CT molecular complexity index is 1960. The summed E-state index contributed by atoms with van der Waals surface area (Å²) in [6, 6.07) is 17.2. The van der Waals surface area contributed by atoms with E-state index in [2.05, 4.69) is 15.6 Å². The van der Waals surface area contributed by atoms with E-state index in [-0.39, 0.29) is 29.9 Å². The number of fused-ring (bicyclic) bond motifs is 1. The number of benzene rings is 3. The Labute approximate surface area is 255 Å². The number of halogens is 1. The van der Waals surface area contributed by atoms with Gasteiger partial charge in [0.05, 0.1) is 24.3 Å². The van der Waals surface area contributed by atoms with E-state index in [0.29, 0.717) is 22.5 Å². The number of carbonyl (C=O) groups excluding carboxylic acids is 2. The molecule has 0 saturated carbocycles. The standard InChI is InChI=1S/C34H35FN6O3/c1-20-18-40(30-14-13-24(35)16-28(20)30)25-10-7-9-23(15-25)19-41-31(26-11-8-12-27(21(26)2)33(43)39(5)6)37-17-29(34(41)44)38-32(42)22(3)36-4/h7-18,22,36H,19H2,1-6H3,(H,38,42). The highest BCUT2D eigenvalue weighted by Crippen LogP contribution is 2.28. The Kier molecular flexibility index (Phi) is 8.46. The van der Waals surface area contributed by atoms with Gasteiger partial charge in [-0.1, -0.05) is 24.3 Å². The zero-order valence-corrected chi connectivity index (χ0v) is 25.6. The van der Waals surface area contributed by atoms with Crippen LogP contribution in [0, 0.1) is 19.7 Å². The van der Waals surface area contributed by atoms with Gasteiger partial charge >= 0.3 is 0 Å². The predicted molar refractivity (Wildman–Crippen MR) is 171 cm³/mol. The summed E-state index contributed by atoms with van der Waals surface area (Å²) in [5.74, 6) is -0.461. The number of carbonyl (C=O) groups is 2. The van der Waals surface area contributed by atoms with Crippen LogP contribution in [0.2, 0.25) is 0 Å². The smallest absolute Gasteiger partial charge is 0.277 e. The minimum atomic E-state index is -0.525. The first-order valence-electron chi connectivity index (χ1n) is 14.3. The normalized spacial score (nSPS) is 11.9. The van der Waals surface area contributed by atoms with Gasteiger partial charge in [0.25, 0.3) is 11.5 Å². The molecule has 9 nitrogen and oxygen atoms in total. The van der Waals surface area contributed by atoms with Gasteiger partial charge in [-0.25, -0.2) is 9.37 Å². The van der Waals surface area contributed by atoms with Crippen LogP contribution in [0.3, 0.4) is 0 Å². The second-order valence-electron chi connectivity index (χ2n) is 11.1. The molecule has 0 bridgehead atoms. The number of anilines is 1. The van der Waals surface area contributed by atoms with Crippen molar-refractivity contribution in [1.82, 2.24) is 24.3 Å². The Morgan fingerprint density at radius 3 is 2.52 bits per heavy atom. The third-order valence-electron chi connectivity index (χ3n) is 7.84. The Balaban J connectivity index is 1.64. The summed E-state index contributed by atoms with van der Waals surface area (Å²) < 4.78 is 17.5. The van der Waals surface area contributed by atoms with Gasteiger partial charge < -0.3 is 20.1 Å². The van der Waals surface area contributed by atoms with Crippen molar-refractivity contribution in [3.05, 3.63) is 111 Å². The maximum absolute atomic E-state index is 14.0. The van der Waals surface area contributed by atoms with Gasteiger partial charge in [0.15, 0.2) is 0 Å². The molecule has 226 valence electrons. The molecule has 3 aromatic carbocycles. The summed E-state index contributed by atoms with van der Waals surface area (Å²) in [5.41, 5.74) is 4.88. The maximum atomic E-state index is 14.0. The molecule has 0 aliphatic rings. The van der Waals surface area contributed by atoms with E-state index in [1.54, 1.807) is 46.3 Å². The van der Waals surface area contributed by atoms with Crippen LogP contribution in [-0.4, -0.2) is 58.0 Å². The van der Waals surface area contributed by atoms with E-state index >= 15 is 0 Å². The summed E-state index contributed by atoms with van der Waals surface area (Å²) in [7, 11) is 5.03. The molecule has 2 aromatic heterocycles. The van der Waals surface area contributed by atoms with Crippen molar-refractivity contribution in [1.29, 1.82) is 0 Å². The number of likely N-dealkylation sites (N-methyl/N-ethyl adjacent to an activating group) is 1. The molecule has 0 saturated heterocycles. The first-order chi connectivity index (χ1) is 21.0. The molecule has 2 heterocycles. The minimum Gasteiger partial charge on any atom is -0.345 e. The molecule has 0 aliphatic heterocycles. The maximum Gasteiger partial charge on any atom is 0.277 e. The molecule has 5 rings (SSSR count). The van der Waals surface area contributed by atoms with Crippen LogP contribution in [0.15, 0.2) is 77.9 Å². The summed E-state index contributed by atoms with van der Waals surface area (Å²) in [6.45, 7) is 5.60. The van der Waals surface area contributed by atoms with E-state index in [4.69, 9.17) is 0 Å². The summed E-state index contributed by atoms with van der Waals surface area (Å²) >= 11 is 0. The summed E-state index contributed by atoms with van der Waals surface area (Å²) in [4.78, 5) is 45.7. The van der Waals surface area contributed by atoms with Gasteiger partial charge in [0, 0.05) is 42.5 Å². The second kappa shape index (κ2) is 12.3. The lowest BCUT2D eigenvalue weighted by molar-refractivity contribution is -0.117. The third-order valence-corrected chi connectivity index (χ3v) is 7.84. The van der Waals surface area contributed by atoms with Crippen molar-refractivity contribution < 1.29 is 14.0 Å². The summed E-state index contributed by atoms with van der Waals surface area (Å²) in [5, 5.41) is 6.38. The number of rotatable bonds is 8. The molecule has 10 heteroatoms. The molecule has 2 amide bonds. The third kappa shape index (κ3) is 5.76. The van der Waals surface area contributed by atoms with E-state index in [0.717, 1.165) is 27.7 Å². The van der Waals surface area contributed by atoms with Crippen molar-refractivity contribution in [3.63, 3.8) is 0 Å². The van der Waals surface area contributed by atoms with E-state index in [9.17, 15) is 18.8 Å². The lowest BCUT2D eigenvalue weighted by Gasteiger charge is -2.19. The molecule has 0 radical (unpaired) electrons. The van der Waals surface area contributed by atoms with Gasteiger partial charge in [0.1, 0.15) is 17.3 Å².